The minimum absolute atomic E-state index is 0.0527. The highest BCUT2D eigenvalue weighted by atomic mass is 16.2. The highest BCUT2D eigenvalue weighted by molar-refractivity contribution is 6.37. The van der Waals surface area contributed by atoms with Crippen LogP contribution in [0, 0.1) is 13.8 Å². The molecule has 0 saturated heterocycles. The number of fused-ring (bicyclic) bond motifs is 1. The zero-order valence-electron chi connectivity index (χ0n) is 14.8. The van der Waals surface area contributed by atoms with Crippen LogP contribution in [0.4, 0.5) is 0 Å². The summed E-state index contributed by atoms with van der Waals surface area (Å²) in [5.41, 5.74) is 7.60. The van der Waals surface area contributed by atoms with Crippen LogP contribution >= 0.6 is 0 Å². The van der Waals surface area contributed by atoms with E-state index in [1.165, 1.54) is 22.3 Å². The lowest BCUT2D eigenvalue weighted by atomic mass is 9.89. The molecule has 0 aliphatic carbocycles. The second-order valence-electron chi connectivity index (χ2n) is 5.78. The predicted molar refractivity (Wildman–Crippen MR) is 109 cm³/mol. The lowest BCUT2D eigenvalue weighted by Crippen LogP contribution is -2.02. The molecule has 0 spiro atoms. The van der Waals surface area contributed by atoms with Gasteiger partial charge in [0.1, 0.15) is 0 Å². The Bertz CT molecular complexity index is 926. The minimum atomic E-state index is -0.0527. The van der Waals surface area contributed by atoms with E-state index in [4.69, 9.17) is 0 Å². The summed E-state index contributed by atoms with van der Waals surface area (Å²) in [6, 6.07) is 0. The second-order valence-corrected chi connectivity index (χ2v) is 5.78. The molecule has 24 heavy (non-hydrogen) atoms. The number of rotatable bonds is 6. The Morgan fingerprint density at radius 2 is 1.88 bits per heavy atom. The molecule has 0 radical (unpaired) electrons. The van der Waals surface area contributed by atoms with Crippen LogP contribution in [-0.4, -0.2) is 16.9 Å². The van der Waals surface area contributed by atoms with Gasteiger partial charge in [-0.3, -0.25) is 0 Å². The monoisotopic (exact) mass is 317 g/mol. The predicted octanol–water partition coefficient (Wildman–Crippen LogP) is 3.79. The number of aryl methyl sites for hydroxylation is 2. The molecule has 2 aromatic heterocycles. The van der Waals surface area contributed by atoms with Crippen molar-refractivity contribution < 1.29 is 5.02 Å². The van der Waals surface area contributed by atoms with Crippen molar-refractivity contribution in [1.82, 2.24) is 4.40 Å². The molecule has 2 heterocycles. The summed E-state index contributed by atoms with van der Waals surface area (Å²) in [5.74, 6) is 0. The van der Waals surface area contributed by atoms with Gasteiger partial charge in [-0.15, -0.1) is 6.58 Å². The molecule has 2 aromatic rings. The summed E-state index contributed by atoms with van der Waals surface area (Å²) in [6.45, 7) is 18.0. The van der Waals surface area contributed by atoms with Crippen molar-refractivity contribution >= 4 is 37.3 Å². The van der Waals surface area contributed by atoms with Gasteiger partial charge in [0.2, 0.25) is 0 Å². The van der Waals surface area contributed by atoms with Crippen LogP contribution in [0.1, 0.15) is 35.0 Å². The lowest BCUT2D eigenvalue weighted by Gasteiger charge is -2.01. The molecule has 0 atom stereocenters. The first-order valence-corrected chi connectivity index (χ1v) is 8.03. The zero-order valence-corrected chi connectivity index (χ0v) is 14.8. The molecule has 0 bridgehead atoms. The first-order chi connectivity index (χ1) is 11.5. The largest absolute Gasteiger partial charge is 0.449 e. The Morgan fingerprint density at radius 3 is 2.42 bits per heavy atom. The van der Waals surface area contributed by atoms with Gasteiger partial charge < -0.3 is 9.42 Å². The smallest absolute Gasteiger partial charge is 0.304 e. The molecule has 0 aliphatic heterocycles. The fourth-order valence-electron chi connectivity index (χ4n) is 3.19. The highest BCUT2D eigenvalue weighted by Gasteiger charge is 2.18. The molecule has 122 valence electrons. The van der Waals surface area contributed by atoms with Crippen LogP contribution < -0.4 is 5.22 Å². The molecule has 0 aromatic carbocycles. The standard InChI is InChI=1S/C21H24BNO/c1-7-10-18-15(5)21-19(11-8-2)17(9-3)20(23(21)16(18)6)13-12-14(4)22-24/h7-13,22,24H,2-4H2,1,5-6H3/b10-7-,13-12-,19-11-. The maximum atomic E-state index is 9.21. The number of aromatic nitrogens is 1. The van der Waals surface area contributed by atoms with E-state index in [0.717, 1.165) is 16.5 Å². The van der Waals surface area contributed by atoms with Crippen LogP contribution in [-0.2, 0) is 0 Å². The normalized spacial score (nSPS) is 12.6. The van der Waals surface area contributed by atoms with Crippen molar-refractivity contribution in [3.05, 3.63) is 76.7 Å². The third-order valence-corrected chi connectivity index (χ3v) is 4.27. The van der Waals surface area contributed by atoms with Crippen LogP contribution in [0.5, 0.6) is 0 Å². The van der Waals surface area contributed by atoms with Crippen LogP contribution in [0.15, 0.2) is 43.4 Å². The van der Waals surface area contributed by atoms with E-state index >= 15 is 0 Å². The summed E-state index contributed by atoms with van der Waals surface area (Å²) in [5, 5.41) is 10.3. The molecule has 0 saturated carbocycles. The Labute approximate surface area is 144 Å². The molecule has 2 rings (SSSR count). The summed E-state index contributed by atoms with van der Waals surface area (Å²) >= 11 is 0. The summed E-state index contributed by atoms with van der Waals surface area (Å²) in [6.07, 6.45) is 13.7. The maximum absolute atomic E-state index is 9.21. The van der Waals surface area contributed by atoms with Gasteiger partial charge in [-0.25, -0.2) is 0 Å². The van der Waals surface area contributed by atoms with E-state index in [9.17, 15) is 5.02 Å². The molecule has 2 nitrogen and oxygen atoms in total. The van der Waals surface area contributed by atoms with Crippen molar-refractivity contribution in [2.24, 2.45) is 0 Å². The van der Waals surface area contributed by atoms with Crippen molar-refractivity contribution in [2.75, 3.05) is 0 Å². The van der Waals surface area contributed by atoms with Crippen molar-refractivity contribution in [3.8, 4) is 0 Å². The van der Waals surface area contributed by atoms with Gasteiger partial charge in [-0.1, -0.05) is 55.1 Å². The van der Waals surface area contributed by atoms with Gasteiger partial charge in [0.05, 0.1) is 11.2 Å². The minimum Gasteiger partial charge on any atom is -0.449 e. The fraction of sp³-hybridized carbons (Fsp3) is 0.143. The molecule has 0 unspecified atom stereocenters. The van der Waals surface area contributed by atoms with Crippen LogP contribution in [0.3, 0.4) is 0 Å². The van der Waals surface area contributed by atoms with Crippen LogP contribution in [0.2, 0.25) is 0 Å². The average Bonchev–Trinajstić information content (AvgIpc) is 3.01. The first kappa shape index (κ1) is 17.8. The number of hydrogen-bond donors (Lipinski definition) is 1. The van der Waals surface area contributed by atoms with Gasteiger partial charge >= 0.3 is 7.48 Å². The van der Waals surface area contributed by atoms with Gasteiger partial charge in [0.25, 0.3) is 0 Å². The third-order valence-electron chi connectivity index (χ3n) is 4.27. The Morgan fingerprint density at radius 1 is 1.17 bits per heavy atom. The summed E-state index contributed by atoms with van der Waals surface area (Å²) in [7, 11) is -0.0527. The number of hydrogen-bond acceptors (Lipinski definition) is 1. The molecular weight excluding hydrogens is 293 g/mol. The lowest BCUT2D eigenvalue weighted by molar-refractivity contribution is 0.612. The molecule has 1 N–H and O–H groups in total. The van der Waals surface area contributed by atoms with Crippen molar-refractivity contribution in [3.63, 3.8) is 0 Å². The van der Waals surface area contributed by atoms with E-state index in [1.807, 2.05) is 31.2 Å². The van der Waals surface area contributed by atoms with Crippen LogP contribution in [0.25, 0.3) is 29.8 Å². The van der Waals surface area contributed by atoms with E-state index in [2.05, 4.69) is 50.1 Å². The second kappa shape index (κ2) is 7.37. The molecular formula is C21H24BNO. The summed E-state index contributed by atoms with van der Waals surface area (Å²) < 4.78 is 2.25. The Kier molecular flexibility index (Phi) is 5.48. The van der Waals surface area contributed by atoms with E-state index in [-0.39, 0.29) is 7.48 Å². The molecule has 0 aliphatic rings. The first-order valence-electron chi connectivity index (χ1n) is 8.03. The van der Waals surface area contributed by atoms with Gasteiger partial charge in [-0.2, -0.15) is 0 Å². The van der Waals surface area contributed by atoms with Gasteiger partial charge in [-0.05, 0) is 38.0 Å². The SMILES string of the molecule is C=C/C=c1/c(C=C)c(/C=C\C(=C)BO)n2c(C)c(/C=C\C)c(C)c12. The summed E-state index contributed by atoms with van der Waals surface area (Å²) in [4.78, 5) is 0. The fourth-order valence-corrected chi connectivity index (χ4v) is 3.19. The molecule has 0 fully saturated rings. The van der Waals surface area contributed by atoms with E-state index < -0.39 is 0 Å². The molecule has 0 amide bonds. The van der Waals surface area contributed by atoms with Crippen molar-refractivity contribution in [2.45, 2.75) is 20.8 Å². The quantitative estimate of drug-likeness (QED) is 0.636. The number of allylic oxidation sites excluding steroid dienone is 4. The highest BCUT2D eigenvalue weighted by Crippen LogP contribution is 2.27. The number of nitrogens with zero attached hydrogens (tertiary/aromatic N) is 1. The van der Waals surface area contributed by atoms with E-state index in [1.54, 1.807) is 6.08 Å². The molecule has 3 heteroatoms. The van der Waals surface area contributed by atoms with Gasteiger partial charge in [0.15, 0.2) is 0 Å². The maximum Gasteiger partial charge on any atom is 0.304 e. The Hall–Kier alpha value is -2.52. The average molecular weight is 317 g/mol. The third kappa shape index (κ3) is 2.83. The van der Waals surface area contributed by atoms with E-state index in [0.29, 0.717) is 5.47 Å². The topological polar surface area (TPSA) is 24.6 Å². The Balaban J connectivity index is 2.99. The zero-order chi connectivity index (χ0) is 17.9. The van der Waals surface area contributed by atoms with Gasteiger partial charge in [0, 0.05) is 16.5 Å². The van der Waals surface area contributed by atoms with Crippen molar-refractivity contribution in [1.29, 1.82) is 0 Å².